The summed E-state index contributed by atoms with van der Waals surface area (Å²) in [5.41, 5.74) is 4.71. The van der Waals surface area contributed by atoms with Gasteiger partial charge in [-0.3, -0.25) is 0 Å². The predicted octanol–water partition coefficient (Wildman–Crippen LogP) is 3.29. The zero-order chi connectivity index (χ0) is 11.5. The van der Waals surface area contributed by atoms with Gasteiger partial charge in [0.05, 0.1) is 6.61 Å². The van der Waals surface area contributed by atoms with Gasteiger partial charge in [-0.05, 0) is 29.2 Å². The Hall–Kier alpha value is -1.60. The Kier molecular flexibility index (Phi) is 3.07. The molecule has 0 spiro atoms. The fourth-order valence-corrected chi connectivity index (χ4v) is 2.37. The van der Waals surface area contributed by atoms with Crippen molar-refractivity contribution in [2.24, 2.45) is 0 Å². The third-order valence-corrected chi connectivity index (χ3v) is 3.05. The molecule has 0 heterocycles. The van der Waals surface area contributed by atoms with E-state index >= 15 is 0 Å². The molecule has 1 unspecified atom stereocenters. The normalized spacial score (nSPS) is 19.2. The van der Waals surface area contributed by atoms with E-state index < -0.39 is 0 Å². The molecule has 1 N–H and O–H groups in total. The second kappa shape index (κ2) is 4.50. The molecular formula is C15H16O. The fraction of sp³-hybridized carbons (Fsp3) is 0.200. The first-order valence-corrected chi connectivity index (χ1v) is 5.53. The van der Waals surface area contributed by atoms with Crippen molar-refractivity contribution in [2.75, 3.05) is 6.61 Å². The van der Waals surface area contributed by atoms with E-state index in [4.69, 9.17) is 0 Å². The van der Waals surface area contributed by atoms with E-state index in [0.29, 0.717) is 0 Å². The molecular weight excluding hydrogens is 196 g/mol. The van der Waals surface area contributed by atoms with E-state index in [1.54, 1.807) is 0 Å². The molecule has 1 atom stereocenters. The zero-order valence-electron chi connectivity index (χ0n) is 9.48. The minimum Gasteiger partial charge on any atom is -0.395 e. The maximum atomic E-state index is 9.52. The van der Waals surface area contributed by atoms with Crippen LogP contribution < -0.4 is 0 Å². The summed E-state index contributed by atoms with van der Waals surface area (Å²) in [6.07, 6.45) is 5.95. The Bertz CT molecular complexity index is 466. The van der Waals surface area contributed by atoms with Crippen LogP contribution in [-0.4, -0.2) is 11.7 Å². The topological polar surface area (TPSA) is 20.2 Å². The molecule has 0 saturated heterocycles. The highest BCUT2D eigenvalue weighted by molar-refractivity contribution is 5.85. The number of aliphatic hydroxyl groups excluding tert-OH is 1. The van der Waals surface area contributed by atoms with Crippen molar-refractivity contribution >= 4 is 5.57 Å². The number of rotatable bonds is 3. The number of allylic oxidation sites excluding steroid dienone is 4. The van der Waals surface area contributed by atoms with Gasteiger partial charge in [-0.2, -0.15) is 0 Å². The van der Waals surface area contributed by atoms with Crippen molar-refractivity contribution in [1.29, 1.82) is 0 Å². The molecule has 1 heteroatoms. The smallest absolute Gasteiger partial charge is 0.0540 e. The Morgan fingerprint density at radius 3 is 2.75 bits per heavy atom. The molecule has 0 radical (unpaired) electrons. The molecule has 0 amide bonds. The lowest BCUT2D eigenvalue weighted by Crippen LogP contribution is -2.02. The molecule has 0 fully saturated rings. The first kappa shape index (κ1) is 10.9. The van der Waals surface area contributed by atoms with Crippen LogP contribution in [-0.2, 0) is 0 Å². The van der Waals surface area contributed by atoms with Crippen molar-refractivity contribution < 1.29 is 5.11 Å². The summed E-state index contributed by atoms with van der Waals surface area (Å²) in [6.45, 7) is 6.01. The Morgan fingerprint density at radius 1 is 1.38 bits per heavy atom. The molecule has 82 valence electrons. The highest BCUT2D eigenvalue weighted by Crippen LogP contribution is 2.42. The van der Waals surface area contributed by atoms with Gasteiger partial charge in [0.25, 0.3) is 0 Å². The molecule has 1 aromatic rings. The average molecular weight is 212 g/mol. The lowest BCUT2D eigenvalue weighted by Gasteiger charge is -2.10. The number of fused-ring (bicyclic) bond motifs is 1. The number of hydrogen-bond acceptors (Lipinski definition) is 1. The molecule has 1 aliphatic rings. The Morgan fingerprint density at radius 2 is 2.12 bits per heavy atom. The largest absolute Gasteiger partial charge is 0.395 e. The van der Waals surface area contributed by atoms with Crippen molar-refractivity contribution in [3.63, 3.8) is 0 Å². The van der Waals surface area contributed by atoms with Gasteiger partial charge in [0, 0.05) is 5.92 Å². The maximum absolute atomic E-state index is 9.52. The van der Waals surface area contributed by atoms with E-state index in [0.717, 1.165) is 5.57 Å². The first-order chi connectivity index (χ1) is 7.83. The van der Waals surface area contributed by atoms with Crippen molar-refractivity contribution in [3.8, 4) is 0 Å². The summed E-state index contributed by atoms with van der Waals surface area (Å²) in [5.74, 6) is 0.0976. The van der Waals surface area contributed by atoms with E-state index in [2.05, 4.69) is 24.8 Å². The van der Waals surface area contributed by atoms with Crippen LogP contribution in [0.4, 0.5) is 0 Å². The van der Waals surface area contributed by atoms with Crippen molar-refractivity contribution in [2.45, 2.75) is 12.8 Å². The van der Waals surface area contributed by atoms with Gasteiger partial charge >= 0.3 is 0 Å². The molecule has 0 saturated carbocycles. The van der Waals surface area contributed by atoms with Crippen LogP contribution in [0.5, 0.6) is 0 Å². The average Bonchev–Trinajstić information content (AvgIpc) is 2.62. The summed E-state index contributed by atoms with van der Waals surface area (Å²) < 4.78 is 0. The molecule has 16 heavy (non-hydrogen) atoms. The molecule has 0 aliphatic heterocycles. The van der Waals surface area contributed by atoms with Gasteiger partial charge in [0.1, 0.15) is 0 Å². The van der Waals surface area contributed by atoms with Gasteiger partial charge in [0.15, 0.2) is 0 Å². The van der Waals surface area contributed by atoms with E-state index in [9.17, 15) is 5.11 Å². The maximum Gasteiger partial charge on any atom is 0.0540 e. The molecule has 2 rings (SSSR count). The van der Waals surface area contributed by atoms with Gasteiger partial charge in [-0.25, -0.2) is 0 Å². The molecule has 0 aromatic heterocycles. The Labute approximate surface area is 96.4 Å². The summed E-state index contributed by atoms with van der Waals surface area (Å²) in [4.78, 5) is 0. The van der Waals surface area contributed by atoms with Gasteiger partial charge in [0.2, 0.25) is 0 Å². The minimum absolute atomic E-state index is 0.0976. The molecule has 0 bridgehead atoms. The SMILES string of the molecule is C=CC1=C(/C=C\C)C(CO)c2ccccc21. The second-order valence-corrected chi connectivity index (χ2v) is 3.90. The quantitative estimate of drug-likeness (QED) is 0.815. The Balaban J connectivity index is 2.63. The van der Waals surface area contributed by atoms with Gasteiger partial charge < -0.3 is 5.11 Å². The number of benzene rings is 1. The lowest BCUT2D eigenvalue weighted by molar-refractivity contribution is 0.281. The molecule has 1 aromatic carbocycles. The van der Waals surface area contributed by atoms with Crippen LogP contribution in [0.15, 0.2) is 54.6 Å². The van der Waals surface area contributed by atoms with Crippen molar-refractivity contribution in [1.82, 2.24) is 0 Å². The fourth-order valence-electron chi connectivity index (χ4n) is 2.37. The van der Waals surface area contributed by atoms with Crippen molar-refractivity contribution in [3.05, 3.63) is 65.8 Å². The number of hydrogen-bond donors (Lipinski definition) is 1. The third kappa shape index (κ3) is 1.54. The third-order valence-electron chi connectivity index (χ3n) is 3.05. The van der Waals surface area contributed by atoms with E-state index in [-0.39, 0.29) is 12.5 Å². The minimum atomic E-state index is 0.0976. The standard InChI is InChI=1S/C15H16O/c1-3-7-12-11(4-2)13-8-5-6-9-14(13)15(12)10-16/h3-9,15-16H,2,10H2,1H3/b7-3-. The zero-order valence-corrected chi connectivity index (χ0v) is 9.48. The summed E-state index contributed by atoms with van der Waals surface area (Å²) in [7, 11) is 0. The lowest BCUT2D eigenvalue weighted by atomic mass is 9.96. The monoisotopic (exact) mass is 212 g/mol. The highest BCUT2D eigenvalue weighted by atomic mass is 16.3. The van der Waals surface area contributed by atoms with Crippen LogP contribution >= 0.6 is 0 Å². The van der Waals surface area contributed by atoms with Crippen LogP contribution in [0.25, 0.3) is 5.57 Å². The van der Waals surface area contributed by atoms with Gasteiger partial charge in [-0.1, -0.05) is 49.1 Å². The van der Waals surface area contributed by atoms with Crippen LogP contribution in [0.1, 0.15) is 24.0 Å². The summed E-state index contributed by atoms with van der Waals surface area (Å²) in [6, 6.07) is 8.21. The van der Waals surface area contributed by atoms with E-state index in [1.807, 2.05) is 31.2 Å². The highest BCUT2D eigenvalue weighted by Gasteiger charge is 2.27. The second-order valence-electron chi connectivity index (χ2n) is 3.90. The first-order valence-electron chi connectivity index (χ1n) is 5.53. The summed E-state index contributed by atoms with van der Waals surface area (Å²) in [5, 5.41) is 9.52. The molecule has 1 nitrogen and oxygen atoms in total. The van der Waals surface area contributed by atoms with Gasteiger partial charge in [-0.15, -0.1) is 0 Å². The summed E-state index contributed by atoms with van der Waals surface area (Å²) >= 11 is 0. The van der Waals surface area contributed by atoms with E-state index in [1.165, 1.54) is 16.7 Å². The predicted molar refractivity (Wildman–Crippen MR) is 68.2 cm³/mol. The molecule has 1 aliphatic carbocycles. The van der Waals surface area contributed by atoms with Crippen LogP contribution in [0, 0.1) is 0 Å². The van der Waals surface area contributed by atoms with Crippen LogP contribution in [0.3, 0.4) is 0 Å². The van der Waals surface area contributed by atoms with Crippen LogP contribution in [0.2, 0.25) is 0 Å². The number of aliphatic hydroxyl groups is 1.